The molecule has 0 atom stereocenters. The Morgan fingerprint density at radius 1 is 0.900 bits per heavy atom. The molecular formula is C24H46N4O2. The van der Waals surface area contributed by atoms with Crippen LogP contribution in [0.1, 0.15) is 110 Å². The molecule has 0 unspecified atom stereocenters. The van der Waals surface area contributed by atoms with Crippen molar-refractivity contribution in [2.75, 3.05) is 13.1 Å². The molecule has 0 radical (unpaired) electrons. The molecule has 1 rings (SSSR count). The van der Waals surface area contributed by atoms with Gasteiger partial charge in [0.25, 0.3) is 0 Å². The molecule has 1 fully saturated rings. The molecule has 1 amide bonds. The highest BCUT2D eigenvalue weighted by molar-refractivity contribution is 5.82. The molecule has 0 saturated heterocycles. The zero-order valence-corrected chi connectivity index (χ0v) is 19.5. The smallest absolute Gasteiger partial charge is 0.223 e. The quantitative estimate of drug-likeness (QED) is 0.101. The summed E-state index contributed by atoms with van der Waals surface area (Å²) in [5.74, 6) is 0.709. The average molecular weight is 423 g/mol. The molecular weight excluding hydrogens is 376 g/mol. The summed E-state index contributed by atoms with van der Waals surface area (Å²) < 4.78 is 0. The number of carbonyl (C=O) groups excluding carboxylic acids is 2. The highest BCUT2D eigenvalue weighted by Crippen LogP contribution is 2.23. The molecule has 6 heteroatoms. The zero-order chi connectivity index (χ0) is 22.1. The lowest BCUT2D eigenvalue weighted by molar-refractivity contribution is -0.125. The number of aldehydes is 1. The Hall–Kier alpha value is -1.59. The largest absolute Gasteiger partial charge is 0.357 e. The van der Waals surface area contributed by atoms with E-state index in [2.05, 4.69) is 29.8 Å². The first-order chi connectivity index (χ1) is 14.6. The van der Waals surface area contributed by atoms with Crippen molar-refractivity contribution in [2.24, 2.45) is 5.92 Å². The van der Waals surface area contributed by atoms with Crippen LogP contribution in [0.4, 0.5) is 0 Å². The van der Waals surface area contributed by atoms with E-state index in [4.69, 9.17) is 5.41 Å². The minimum absolute atomic E-state index is 0.221. The molecule has 174 valence electrons. The van der Waals surface area contributed by atoms with E-state index in [1.54, 1.807) is 0 Å². The van der Waals surface area contributed by atoms with Gasteiger partial charge in [0.15, 0.2) is 5.96 Å². The Bertz CT molecular complexity index is 480. The fourth-order valence-electron chi connectivity index (χ4n) is 4.21. The second kappa shape index (κ2) is 16.1. The van der Waals surface area contributed by atoms with Gasteiger partial charge in [0.2, 0.25) is 5.91 Å². The van der Waals surface area contributed by atoms with Crippen LogP contribution in [0.15, 0.2) is 0 Å². The second-order valence-electron chi connectivity index (χ2n) is 8.95. The second-order valence-corrected chi connectivity index (χ2v) is 8.95. The van der Waals surface area contributed by atoms with Crippen LogP contribution >= 0.6 is 0 Å². The Morgan fingerprint density at radius 3 is 2.00 bits per heavy atom. The highest BCUT2D eigenvalue weighted by Gasteiger charge is 2.29. The molecule has 0 aromatic heterocycles. The van der Waals surface area contributed by atoms with Crippen molar-refractivity contribution in [3.8, 4) is 0 Å². The van der Waals surface area contributed by atoms with Gasteiger partial charge in [0.05, 0.1) is 5.54 Å². The first kappa shape index (κ1) is 26.4. The highest BCUT2D eigenvalue weighted by atomic mass is 16.1. The van der Waals surface area contributed by atoms with Gasteiger partial charge >= 0.3 is 0 Å². The summed E-state index contributed by atoms with van der Waals surface area (Å²) in [6.07, 6.45) is 16.5. The van der Waals surface area contributed by atoms with E-state index in [0.29, 0.717) is 6.54 Å². The molecule has 0 aromatic carbocycles. The first-order valence-corrected chi connectivity index (χ1v) is 12.4. The molecule has 0 aliphatic heterocycles. The summed E-state index contributed by atoms with van der Waals surface area (Å²) in [5.41, 5.74) is -0.613. The Kier molecular flexibility index (Phi) is 14.2. The van der Waals surface area contributed by atoms with Gasteiger partial charge in [-0.2, -0.15) is 0 Å². The van der Waals surface area contributed by atoms with Crippen LogP contribution in [0, 0.1) is 11.3 Å². The van der Waals surface area contributed by atoms with Crippen LogP contribution in [0.5, 0.6) is 0 Å². The van der Waals surface area contributed by atoms with E-state index >= 15 is 0 Å². The lowest BCUT2D eigenvalue weighted by Gasteiger charge is -2.30. The van der Waals surface area contributed by atoms with Crippen molar-refractivity contribution in [1.82, 2.24) is 16.0 Å². The molecule has 0 aromatic rings. The Labute approximate surface area is 184 Å². The number of nitrogens with one attached hydrogen (secondary N) is 4. The molecule has 30 heavy (non-hydrogen) atoms. The topological polar surface area (TPSA) is 94.1 Å². The lowest BCUT2D eigenvalue weighted by atomic mass is 9.88. The zero-order valence-electron chi connectivity index (χ0n) is 19.5. The number of amides is 1. The predicted octanol–water partition coefficient (Wildman–Crippen LogP) is 4.68. The molecule has 0 heterocycles. The van der Waals surface area contributed by atoms with Gasteiger partial charge in [0.1, 0.15) is 6.29 Å². The van der Waals surface area contributed by atoms with Crippen molar-refractivity contribution in [1.29, 1.82) is 5.41 Å². The fourth-order valence-corrected chi connectivity index (χ4v) is 4.21. The first-order valence-electron chi connectivity index (χ1n) is 12.4. The maximum Gasteiger partial charge on any atom is 0.223 e. The molecule has 1 saturated carbocycles. The van der Waals surface area contributed by atoms with Crippen LogP contribution in [0.3, 0.4) is 0 Å². The van der Waals surface area contributed by atoms with E-state index in [1.165, 1.54) is 25.7 Å². The average Bonchev–Trinajstić information content (AvgIpc) is 3.04. The Balaban J connectivity index is 2.18. The summed E-state index contributed by atoms with van der Waals surface area (Å²) >= 11 is 0. The minimum Gasteiger partial charge on any atom is -0.357 e. The molecule has 0 bridgehead atoms. The summed E-state index contributed by atoms with van der Waals surface area (Å²) in [7, 11) is 0. The summed E-state index contributed by atoms with van der Waals surface area (Å²) in [6, 6.07) is 0. The van der Waals surface area contributed by atoms with Gasteiger partial charge in [-0.15, -0.1) is 0 Å². The van der Waals surface area contributed by atoms with Gasteiger partial charge in [-0.25, -0.2) is 0 Å². The van der Waals surface area contributed by atoms with Crippen molar-refractivity contribution >= 4 is 18.2 Å². The molecule has 0 spiro atoms. The van der Waals surface area contributed by atoms with Crippen molar-refractivity contribution in [3.63, 3.8) is 0 Å². The van der Waals surface area contributed by atoms with Crippen LogP contribution in [-0.4, -0.2) is 36.8 Å². The van der Waals surface area contributed by atoms with Gasteiger partial charge in [-0.1, -0.05) is 65.2 Å². The number of guanidine groups is 1. The Morgan fingerprint density at radius 2 is 1.47 bits per heavy atom. The van der Waals surface area contributed by atoms with Crippen LogP contribution in [0.2, 0.25) is 0 Å². The van der Waals surface area contributed by atoms with Crippen molar-refractivity contribution in [3.05, 3.63) is 0 Å². The monoisotopic (exact) mass is 422 g/mol. The van der Waals surface area contributed by atoms with E-state index < -0.39 is 5.54 Å². The third-order valence-electron chi connectivity index (χ3n) is 6.23. The van der Waals surface area contributed by atoms with Gasteiger partial charge in [-0.3, -0.25) is 10.2 Å². The molecule has 6 nitrogen and oxygen atoms in total. The SMILES string of the molecule is CCCCC(C=O)(CCCC)NC(=N)NCCCCCNC(=O)C1CCCCCC1. The van der Waals surface area contributed by atoms with Gasteiger partial charge in [-0.05, 0) is 44.9 Å². The van der Waals surface area contributed by atoms with E-state index in [1.807, 2.05) is 0 Å². The molecule has 1 aliphatic rings. The number of unbranched alkanes of at least 4 members (excludes halogenated alkanes) is 4. The third kappa shape index (κ3) is 11.0. The summed E-state index contributed by atoms with van der Waals surface area (Å²) in [5, 5.41) is 17.6. The van der Waals surface area contributed by atoms with Crippen LogP contribution in [-0.2, 0) is 9.59 Å². The fraction of sp³-hybridized carbons (Fsp3) is 0.875. The third-order valence-corrected chi connectivity index (χ3v) is 6.23. The number of rotatable bonds is 15. The summed E-state index contributed by atoms with van der Waals surface area (Å²) in [4.78, 5) is 24.0. The van der Waals surface area contributed by atoms with Crippen LogP contribution in [0.25, 0.3) is 0 Å². The number of hydrogen-bond acceptors (Lipinski definition) is 3. The maximum absolute atomic E-state index is 12.3. The maximum atomic E-state index is 12.3. The van der Waals surface area contributed by atoms with Crippen molar-refractivity contribution in [2.45, 2.75) is 116 Å². The normalized spacial score (nSPS) is 15.3. The van der Waals surface area contributed by atoms with E-state index in [-0.39, 0.29) is 17.8 Å². The van der Waals surface area contributed by atoms with Crippen molar-refractivity contribution < 1.29 is 9.59 Å². The van der Waals surface area contributed by atoms with Gasteiger partial charge < -0.3 is 20.7 Å². The minimum atomic E-state index is -0.613. The predicted molar refractivity (Wildman–Crippen MR) is 125 cm³/mol. The molecule has 4 N–H and O–H groups in total. The van der Waals surface area contributed by atoms with Crippen LogP contribution < -0.4 is 16.0 Å². The standard InChI is InChI=1S/C24H46N4O2/c1-3-5-16-24(20-29,17-6-4-2)28-23(25)27-19-13-9-12-18-26-22(30)21-14-10-7-8-11-15-21/h20-21H,3-19H2,1-2H3,(H,26,30)(H3,25,27,28). The molecule has 1 aliphatic carbocycles. The number of hydrogen-bond donors (Lipinski definition) is 4. The van der Waals surface area contributed by atoms with E-state index in [0.717, 1.165) is 83.5 Å². The number of carbonyl (C=O) groups is 2. The lowest BCUT2D eigenvalue weighted by Crippen LogP contribution is -2.53. The summed E-state index contributed by atoms with van der Waals surface area (Å²) in [6.45, 7) is 5.70. The van der Waals surface area contributed by atoms with Gasteiger partial charge in [0, 0.05) is 19.0 Å². The van der Waals surface area contributed by atoms with E-state index in [9.17, 15) is 9.59 Å².